The molecule has 8 heteroatoms. The lowest BCUT2D eigenvalue weighted by Gasteiger charge is -2.15. The molecule has 2 amide bonds. The predicted molar refractivity (Wildman–Crippen MR) is 125 cm³/mol. The number of halogens is 1. The molecule has 0 aliphatic carbocycles. The largest absolute Gasteiger partial charge is 0.493 e. The van der Waals surface area contributed by atoms with Crippen molar-refractivity contribution in [2.24, 2.45) is 0 Å². The third kappa shape index (κ3) is 4.83. The minimum absolute atomic E-state index is 0. The highest BCUT2D eigenvalue weighted by molar-refractivity contribution is 6.21. The number of nitrogens with one attached hydrogen (secondary N) is 1. The van der Waals surface area contributed by atoms with Gasteiger partial charge in [0.2, 0.25) is 5.90 Å². The Kier molecular flexibility index (Phi) is 7.35. The van der Waals surface area contributed by atoms with E-state index in [2.05, 4.69) is 0 Å². The van der Waals surface area contributed by atoms with Crippen LogP contribution in [0.2, 0.25) is 0 Å². The highest BCUT2D eigenvalue weighted by Crippen LogP contribution is 2.29. The maximum atomic E-state index is 12.5. The molecule has 0 bridgehead atoms. The molecule has 170 valence electrons. The Morgan fingerprint density at radius 3 is 2.03 bits per heavy atom. The summed E-state index contributed by atoms with van der Waals surface area (Å²) < 4.78 is 16.2. The maximum absolute atomic E-state index is 12.5. The highest BCUT2D eigenvalue weighted by Gasteiger charge is 2.34. The Balaban J connectivity index is 0.00000306. The second kappa shape index (κ2) is 10.2. The zero-order valence-electron chi connectivity index (χ0n) is 18.2. The smallest absolute Gasteiger partial charge is 0.261 e. The van der Waals surface area contributed by atoms with Crippen LogP contribution in [0.25, 0.3) is 0 Å². The summed E-state index contributed by atoms with van der Waals surface area (Å²) in [6.45, 7) is 0.527. The third-order valence-corrected chi connectivity index (χ3v) is 5.27. The maximum Gasteiger partial charge on any atom is 0.261 e. The Morgan fingerprint density at radius 1 is 0.848 bits per heavy atom. The molecule has 1 heterocycles. The van der Waals surface area contributed by atoms with E-state index in [0.29, 0.717) is 34.8 Å². The summed E-state index contributed by atoms with van der Waals surface area (Å²) in [4.78, 5) is 26.3. The first kappa shape index (κ1) is 23.8. The molecular formula is C25H23ClN2O5. The van der Waals surface area contributed by atoms with Gasteiger partial charge in [-0.2, -0.15) is 0 Å². The van der Waals surface area contributed by atoms with Crippen LogP contribution in [0.5, 0.6) is 11.5 Å². The van der Waals surface area contributed by atoms with Gasteiger partial charge >= 0.3 is 0 Å². The van der Waals surface area contributed by atoms with Gasteiger partial charge in [0.15, 0.2) is 11.5 Å². The van der Waals surface area contributed by atoms with Crippen LogP contribution < -0.4 is 9.47 Å². The quantitative estimate of drug-likeness (QED) is 0.315. The van der Waals surface area contributed by atoms with Crippen molar-refractivity contribution in [3.05, 3.63) is 94.5 Å². The average molecular weight is 467 g/mol. The van der Waals surface area contributed by atoms with Crippen LogP contribution >= 0.6 is 12.4 Å². The van der Waals surface area contributed by atoms with E-state index in [1.165, 1.54) is 19.1 Å². The van der Waals surface area contributed by atoms with Gasteiger partial charge in [-0.25, -0.2) is 0 Å². The van der Waals surface area contributed by atoms with Gasteiger partial charge in [0.1, 0.15) is 6.61 Å². The second-order valence-electron chi connectivity index (χ2n) is 7.25. The van der Waals surface area contributed by atoms with Gasteiger partial charge in [-0.3, -0.25) is 19.9 Å². The second-order valence-corrected chi connectivity index (χ2v) is 7.25. The minimum atomic E-state index is -0.268. The molecule has 33 heavy (non-hydrogen) atoms. The fraction of sp³-hybridized carbons (Fsp3) is 0.160. The standard InChI is InChI=1S/C25H22N2O5.ClH/c1-30-22-13-18(23(26)31-2)11-12-21(22)32-15-17-9-7-16(8-10-17)14-27-24(28)19-5-3-4-6-20(19)25(27)29;/h3-13,26H,14-15H2,1-2H3;1H. The molecule has 0 aromatic heterocycles. The molecule has 0 saturated heterocycles. The van der Waals surface area contributed by atoms with Crippen LogP contribution in [0.3, 0.4) is 0 Å². The summed E-state index contributed by atoms with van der Waals surface area (Å²) in [7, 11) is 2.98. The van der Waals surface area contributed by atoms with Gasteiger partial charge in [0, 0.05) is 5.56 Å². The minimum Gasteiger partial charge on any atom is -0.493 e. The van der Waals surface area contributed by atoms with Gasteiger partial charge in [0.05, 0.1) is 31.9 Å². The molecule has 7 nitrogen and oxygen atoms in total. The van der Waals surface area contributed by atoms with Gasteiger partial charge < -0.3 is 14.2 Å². The Morgan fingerprint density at radius 2 is 1.45 bits per heavy atom. The van der Waals surface area contributed by atoms with Gasteiger partial charge in [-0.1, -0.05) is 36.4 Å². The van der Waals surface area contributed by atoms with E-state index >= 15 is 0 Å². The summed E-state index contributed by atoms with van der Waals surface area (Å²) in [5, 5.41) is 7.76. The number of amides is 2. The lowest BCUT2D eigenvalue weighted by Crippen LogP contribution is -2.29. The fourth-order valence-corrected chi connectivity index (χ4v) is 3.51. The van der Waals surface area contributed by atoms with E-state index < -0.39 is 0 Å². The van der Waals surface area contributed by atoms with E-state index in [-0.39, 0.29) is 36.7 Å². The zero-order valence-corrected chi connectivity index (χ0v) is 19.0. The molecule has 1 aliphatic rings. The van der Waals surface area contributed by atoms with Crippen molar-refractivity contribution in [3.8, 4) is 11.5 Å². The van der Waals surface area contributed by atoms with E-state index in [1.807, 2.05) is 24.3 Å². The summed E-state index contributed by atoms with van der Waals surface area (Å²) in [5.74, 6) is 0.565. The molecule has 3 aromatic rings. The Hall–Kier alpha value is -3.84. The third-order valence-electron chi connectivity index (χ3n) is 5.27. The summed E-state index contributed by atoms with van der Waals surface area (Å²) in [6.07, 6.45) is 0. The molecule has 3 aromatic carbocycles. The monoisotopic (exact) mass is 466 g/mol. The van der Waals surface area contributed by atoms with E-state index in [4.69, 9.17) is 19.6 Å². The molecule has 0 spiro atoms. The SMILES string of the molecule is COC(=N)c1ccc(OCc2ccc(CN3C(=O)c4ccccc4C3=O)cc2)c(OC)c1.Cl. The number of imide groups is 1. The number of hydrogen-bond acceptors (Lipinski definition) is 6. The van der Waals surface area contributed by atoms with Gasteiger partial charge in [-0.05, 0) is 41.5 Å². The van der Waals surface area contributed by atoms with Crippen molar-refractivity contribution in [2.45, 2.75) is 13.2 Å². The number of benzene rings is 3. The number of hydrogen-bond donors (Lipinski definition) is 1. The van der Waals surface area contributed by atoms with Crippen LogP contribution in [0.4, 0.5) is 0 Å². The lowest BCUT2D eigenvalue weighted by molar-refractivity contribution is 0.0642. The Bertz CT molecular complexity index is 1160. The van der Waals surface area contributed by atoms with Crippen LogP contribution in [0, 0.1) is 5.41 Å². The highest BCUT2D eigenvalue weighted by atomic mass is 35.5. The number of methoxy groups -OCH3 is 2. The number of fused-ring (bicyclic) bond motifs is 1. The number of carbonyl (C=O) groups excluding carboxylic acids is 2. The van der Waals surface area contributed by atoms with Crippen molar-refractivity contribution >= 4 is 30.1 Å². The molecule has 0 saturated carbocycles. The molecular weight excluding hydrogens is 444 g/mol. The summed E-state index contributed by atoms with van der Waals surface area (Å²) >= 11 is 0. The van der Waals surface area contributed by atoms with Crippen molar-refractivity contribution in [1.82, 2.24) is 4.90 Å². The van der Waals surface area contributed by atoms with Crippen LogP contribution in [-0.2, 0) is 17.9 Å². The van der Waals surface area contributed by atoms with Crippen LogP contribution in [0.1, 0.15) is 37.4 Å². The van der Waals surface area contributed by atoms with Crippen LogP contribution in [-0.4, -0.2) is 36.8 Å². The van der Waals surface area contributed by atoms with E-state index in [1.54, 1.807) is 42.5 Å². The van der Waals surface area contributed by atoms with E-state index in [9.17, 15) is 9.59 Å². The molecule has 1 N–H and O–H groups in total. The fourth-order valence-electron chi connectivity index (χ4n) is 3.51. The molecule has 0 fully saturated rings. The van der Waals surface area contributed by atoms with Crippen molar-refractivity contribution in [2.75, 3.05) is 14.2 Å². The number of nitrogens with zero attached hydrogens (tertiary/aromatic N) is 1. The average Bonchev–Trinajstić information content (AvgIpc) is 3.08. The van der Waals surface area contributed by atoms with Gasteiger partial charge in [-0.15, -0.1) is 12.4 Å². The number of ether oxygens (including phenoxy) is 3. The molecule has 0 unspecified atom stereocenters. The van der Waals surface area contributed by atoms with Crippen molar-refractivity contribution in [3.63, 3.8) is 0 Å². The number of rotatable bonds is 7. The van der Waals surface area contributed by atoms with E-state index in [0.717, 1.165) is 11.1 Å². The zero-order chi connectivity index (χ0) is 22.7. The van der Waals surface area contributed by atoms with Gasteiger partial charge in [0.25, 0.3) is 11.8 Å². The predicted octanol–water partition coefficient (Wildman–Crippen LogP) is 4.46. The normalized spacial score (nSPS) is 12.1. The van der Waals surface area contributed by atoms with Crippen LogP contribution in [0.15, 0.2) is 66.7 Å². The molecule has 0 radical (unpaired) electrons. The topological polar surface area (TPSA) is 88.9 Å². The van der Waals surface area contributed by atoms with Crippen molar-refractivity contribution < 1.29 is 23.8 Å². The molecule has 0 atom stereocenters. The molecule has 4 rings (SSSR count). The first-order chi connectivity index (χ1) is 15.5. The lowest BCUT2D eigenvalue weighted by atomic mass is 10.1. The molecule has 1 aliphatic heterocycles. The summed E-state index contributed by atoms with van der Waals surface area (Å²) in [5.41, 5.74) is 3.26. The van der Waals surface area contributed by atoms with Crippen molar-refractivity contribution in [1.29, 1.82) is 5.41 Å². The first-order valence-electron chi connectivity index (χ1n) is 9.98. The summed E-state index contributed by atoms with van der Waals surface area (Å²) in [6, 6.07) is 19.6. The number of carbonyl (C=O) groups is 2. The Labute approximate surface area is 197 Å². The first-order valence-corrected chi connectivity index (χ1v) is 9.98.